The van der Waals surface area contributed by atoms with E-state index >= 15 is 0 Å². The van der Waals surface area contributed by atoms with Crippen molar-refractivity contribution in [1.82, 2.24) is 9.55 Å². The number of ether oxygens (including phenoxy) is 2. The van der Waals surface area contributed by atoms with Crippen molar-refractivity contribution in [2.24, 2.45) is 7.05 Å². The smallest absolute Gasteiger partial charge is 0.146 e. The van der Waals surface area contributed by atoms with Crippen LogP contribution in [-0.2, 0) is 24.8 Å². The Morgan fingerprint density at radius 2 is 2.10 bits per heavy atom. The van der Waals surface area contributed by atoms with Gasteiger partial charge in [-0.1, -0.05) is 6.07 Å². The van der Waals surface area contributed by atoms with E-state index in [2.05, 4.69) is 47.0 Å². The summed E-state index contributed by atoms with van der Waals surface area (Å²) in [4.78, 5) is 7.07. The van der Waals surface area contributed by atoms with Gasteiger partial charge >= 0.3 is 0 Å². The van der Waals surface area contributed by atoms with Crippen molar-refractivity contribution >= 4 is 16.7 Å². The summed E-state index contributed by atoms with van der Waals surface area (Å²) in [7, 11) is 2.05. The molecule has 0 saturated carbocycles. The van der Waals surface area contributed by atoms with Crippen molar-refractivity contribution in [1.29, 1.82) is 5.26 Å². The van der Waals surface area contributed by atoms with E-state index in [-0.39, 0.29) is 6.10 Å². The summed E-state index contributed by atoms with van der Waals surface area (Å²) in [5.41, 5.74) is 3.94. The summed E-state index contributed by atoms with van der Waals surface area (Å²) in [6.45, 7) is 2.93. The third-order valence-corrected chi connectivity index (χ3v) is 5.96. The van der Waals surface area contributed by atoms with Crippen LogP contribution in [0.15, 0.2) is 36.5 Å². The van der Waals surface area contributed by atoms with Gasteiger partial charge in [-0.25, -0.2) is 4.98 Å². The molecule has 148 valence electrons. The topological polar surface area (TPSA) is 63.3 Å². The molecule has 6 nitrogen and oxygen atoms in total. The van der Waals surface area contributed by atoms with Crippen molar-refractivity contribution in [3.63, 3.8) is 0 Å². The monoisotopic (exact) mass is 388 g/mol. The first kappa shape index (κ1) is 18.0. The molecule has 1 fully saturated rings. The normalized spacial score (nSPS) is 17.2. The van der Waals surface area contributed by atoms with Gasteiger partial charge in [-0.05, 0) is 24.3 Å². The number of hydrogen-bond donors (Lipinski definition) is 0. The number of pyridine rings is 1. The highest BCUT2D eigenvalue weighted by molar-refractivity contribution is 5.86. The largest absolute Gasteiger partial charge is 0.490 e. The Hall–Kier alpha value is -3.04. The molecule has 0 spiro atoms. The van der Waals surface area contributed by atoms with Crippen LogP contribution in [0.25, 0.3) is 10.9 Å². The highest BCUT2D eigenvalue weighted by Gasteiger charge is 2.25. The molecule has 0 bridgehead atoms. The number of aromatic nitrogens is 2. The molecule has 3 aromatic rings. The molecule has 0 amide bonds. The van der Waals surface area contributed by atoms with Crippen LogP contribution in [0, 0.1) is 11.3 Å². The minimum absolute atomic E-state index is 0.175. The van der Waals surface area contributed by atoms with E-state index in [0.29, 0.717) is 18.8 Å². The van der Waals surface area contributed by atoms with Gasteiger partial charge in [-0.2, -0.15) is 5.26 Å². The maximum Gasteiger partial charge on any atom is 0.146 e. The second-order valence-corrected chi connectivity index (χ2v) is 7.80. The number of rotatable bonds is 3. The predicted molar refractivity (Wildman–Crippen MR) is 111 cm³/mol. The molecule has 0 unspecified atom stereocenters. The van der Waals surface area contributed by atoms with Crippen LogP contribution in [0.2, 0.25) is 0 Å². The van der Waals surface area contributed by atoms with E-state index in [4.69, 9.17) is 14.5 Å². The van der Waals surface area contributed by atoms with Crippen LogP contribution in [0.3, 0.4) is 0 Å². The fraction of sp³-hybridized carbons (Fsp3) is 0.391. The number of benzene rings is 1. The molecule has 6 heteroatoms. The fourth-order valence-electron chi connectivity index (χ4n) is 4.34. The van der Waals surface area contributed by atoms with Gasteiger partial charge in [0.2, 0.25) is 0 Å². The van der Waals surface area contributed by atoms with Gasteiger partial charge in [0.25, 0.3) is 0 Å². The minimum atomic E-state index is 0.175. The van der Waals surface area contributed by atoms with Crippen LogP contribution < -0.4 is 9.64 Å². The third-order valence-electron chi connectivity index (χ3n) is 5.96. The predicted octanol–water partition coefficient (Wildman–Crippen LogP) is 3.57. The van der Waals surface area contributed by atoms with E-state index in [1.54, 1.807) is 0 Å². The summed E-state index contributed by atoms with van der Waals surface area (Å²) >= 11 is 0. The standard InChI is InChI=1S/C23H24N4O2/c1-26-9-7-19-21(26)3-2-4-22(19)29-18-5-10-27(11-6-18)23-16(14-24)13-17-15-28-12-8-20(17)25-23/h2-4,7,9,13,18H,5-6,8,10-12,15H2,1H3. The molecule has 2 aromatic heterocycles. The zero-order chi connectivity index (χ0) is 19.8. The van der Waals surface area contributed by atoms with Gasteiger partial charge in [-0.3, -0.25) is 0 Å². The Morgan fingerprint density at radius 3 is 2.93 bits per heavy atom. The number of piperidine rings is 1. The van der Waals surface area contributed by atoms with Gasteiger partial charge in [0, 0.05) is 56.5 Å². The highest BCUT2D eigenvalue weighted by Crippen LogP contribution is 2.31. The number of hydrogen-bond acceptors (Lipinski definition) is 5. The minimum Gasteiger partial charge on any atom is -0.490 e. The molecule has 2 aliphatic heterocycles. The van der Waals surface area contributed by atoms with E-state index in [1.165, 1.54) is 5.52 Å². The maximum atomic E-state index is 9.62. The lowest BCUT2D eigenvalue weighted by atomic mass is 10.0. The summed E-state index contributed by atoms with van der Waals surface area (Å²) in [5, 5.41) is 10.8. The van der Waals surface area contributed by atoms with Crippen LogP contribution in [0.1, 0.15) is 29.7 Å². The molecule has 4 heterocycles. The van der Waals surface area contributed by atoms with Crippen LogP contribution in [0.4, 0.5) is 5.82 Å². The summed E-state index contributed by atoms with van der Waals surface area (Å²) in [5.74, 6) is 1.77. The van der Waals surface area contributed by atoms with Crippen LogP contribution >= 0.6 is 0 Å². The fourth-order valence-corrected chi connectivity index (χ4v) is 4.34. The summed E-state index contributed by atoms with van der Waals surface area (Å²) in [6, 6.07) is 12.6. The summed E-state index contributed by atoms with van der Waals surface area (Å²) < 4.78 is 14.0. The highest BCUT2D eigenvalue weighted by atomic mass is 16.5. The van der Waals surface area contributed by atoms with E-state index in [9.17, 15) is 5.26 Å². The SMILES string of the molecule is Cn1ccc2c(OC3CCN(c4nc5c(cc4C#N)COCC5)CC3)cccc21. The van der Waals surface area contributed by atoms with Crippen LogP contribution in [0.5, 0.6) is 5.75 Å². The van der Waals surface area contributed by atoms with E-state index < -0.39 is 0 Å². The molecule has 2 aliphatic rings. The van der Waals surface area contributed by atoms with Crippen molar-refractivity contribution < 1.29 is 9.47 Å². The number of nitriles is 1. The second kappa shape index (κ2) is 7.41. The van der Waals surface area contributed by atoms with Gasteiger partial charge in [0.05, 0.1) is 30.0 Å². The average Bonchev–Trinajstić information content (AvgIpc) is 3.15. The molecule has 1 aromatic carbocycles. The second-order valence-electron chi connectivity index (χ2n) is 7.80. The molecule has 1 saturated heterocycles. The molecule has 5 rings (SSSR count). The Labute approximate surface area is 170 Å². The van der Waals surface area contributed by atoms with Crippen molar-refractivity contribution in [2.75, 3.05) is 24.6 Å². The number of aryl methyl sites for hydroxylation is 1. The lowest BCUT2D eigenvalue weighted by Crippen LogP contribution is -2.39. The van der Waals surface area contributed by atoms with Crippen molar-refractivity contribution in [3.05, 3.63) is 53.3 Å². The molecule has 0 aliphatic carbocycles. The quantitative estimate of drug-likeness (QED) is 0.686. The van der Waals surface area contributed by atoms with Crippen LogP contribution in [-0.4, -0.2) is 35.4 Å². The van der Waals surface area contributed by atoms with Crippen molar-refractivity contribution in [3.8, 4) is 11.8 Å². The van der Waals surface area contributed by atoms with Crippen molar-refractivity contribution in [2.45, 2.75) is 32.0 Å². The zero-order valence-electron chi connectivity index (χ0n) is 16.6. The first-order valence-electron chi connectivity index (χ1n) is 10.2. The third kappa shape index (κ3) is 3.32. The summed E-state index contributed by atoms with van der Waals surface area (Å²) in [6.07, 6.45) is 4.88. The Morgan fingerprint density at radius 1 is 1.24 bits per heavy atom. The molecule has 0 radical (unpaired) electrons. The van der Waals surface area contributed by atoms with E-state index in [1.807, 2.05) is 12.1 Å². The first-order valence-corrected chi connectivity index (χ1v) is 10.2. The van der Waals surface area contributed by atoms with Gasteiger partial charge in [0.15, 0.2) is 0 Å². The first-order chi connectivity index (χ1) is 14.2. The number of anilines is 1. The lowest BCUT2D eigenvalue weighted by Gasteiger charge is -2.34. The Bertz CT molecular complexity index is 1090. The molecular formula is C23H24N4O2. The van der Waals surface area contributed by atoms with Gasteiger partial charge in [0.1, 0.15) is 23.7 Å². The van der Waals surface area contributed by atoms with Gasteiger partial charge in [-0.15, -0.1) is 0 Å². The molecule has 29 heavy (non-hydrogen) atoms. The molecular weight excluding hydrogens is 364 g/mol. The average molecular weight is 388 g/mol. The van der Waals surface area contributed by atoms with Gasteiger partial charge < -0.3 is 18.9 Å². The number of nitrogens with zero attached hydrogens (tertiary/aromatic N) is 4. The Balaban J connectivity index is 1.31. The molecule has 0 N–H and O–H groups in total. The molecule has 0 atom stereocenters. The number of fused-ring (bicyclic) bond motifs is 2. The van der Waals surface area contributed by atoms with E-state index in [0.717, 1.165) is 60.6 Å². The zero-order valence-corrected chi connectivity index (χ0v) is 16.6. The Kier molecular flexibility index (Phi) is 4.61. The maximum absolute atomic E-state index is 9.62. The lowest BCUT2D eigenvalue weighted by molar-refractivity contribution is 0.109.